The standard InChI is InChI=1S/C25H26FNP.CHF3O3S/c26-25(27-19-11-4-12-20-27)21-28(22-13-5-1-6-14-22,23-15-7-2-8-16-23)24-17-9-3-10-18-24;2-1(3,4)8(5,6)7/h1-3,5-10,13-18,21H,4,11-12,19-20H2;(H,5,6,7)/q+1;/p-1/b25-21+;. The van der Waals surface area contributed by atoms with Gasteiger partial charge in [-0.15, -0.1) is 0 Å². The highest BCUT2D eigenvalue weighted by molar-refractivity contribution is 7.98. The summed E-state index contributed by atoms with van der Waals surface area (Å²) in [6.45, 7) is 1.61. The number of alkyl halides is 3. The number of rotatable bonds is 5. The molecule has 36 heavy (non-hydrogen) atoms. The molecule has 0 spiro atoms. The van der Waals surface area contributed by atoms with Crippen LogP contribution in [0.15, 0.2) is 103 Å². The van der Waals surface area contributed by atoms with Crippen molar-refractivity contribution in [3.63, 3.8) is 0 Å². The van der Waals surface area contributed by atoms with E-state index in [0.717, 1.165) is 25.9 Å². The summed E-state index contributed by atoms with van der Waals surface area (Å²) in [5.74, 6) is 1.86. The smallest absolute Gasteiger partial charge is 0.485 e. The van der Waals surface area contributed by atoms with Gasteiger partial charge in [0.05, 0.1) is 0 Å². The Bertz CT molecular complexity index is 1140. The van der Waals surface area contributed by atoms with Crippen molar-refractivity contribution in [2.45, 2.75) is 24.8 Å². The Hall–Kier alpha value is -2.74. The van der Waals surface area contributed by atoms with E-state index in [1.54, 1.807) is 0 Å². The monoisotopic (exact) mass is 539 g/mol. The molecule has 0 bridgehead atoms. The lowest BCUT2D eigenvalue weighted by Gasteiger charge is -2.29. The first-order chi connectivity index (χ1) is 17.1. The number of piperidine rings is 1. The Morgan fingerprint density at radius 3 is 1.39 bits per heavy atom. The molecule has 0 amide bonds. The minimum Gasteiger partial charge on any atom is -0.741 e. The van der Waals surface area contributed by atoms with E-state index in [-0.39, 0.29) is 5.95 Å². The number of hydrogen-bond donors (Lipinski definition) is 0. The summed E-state index contributed by atoms with van der Waals surface area (Å²) in [4.78, 5) is 1.92. The third-order valence-corrected chi connectivity index (χ3v) is 10.2. The third kappa shape index (κ3) is 6.72. The molecular formula is C26H26F4NO3PS. The largest absolute Gasteiger partial charge is 0.741 e. The summed E-state index contributed by atoms with van der Waals surface area (Å²) in [5, 5.41) is 3.54. The molecule has 3 aromatic rings. The molecule has 0 aliphatic carbocycles. The Morgan fingerprint density at radius 2 is 1.08 bits per heavy atom. The van der Waals surface area contributed by atoms with Crippen LogP contribution in [0.25, 0.3) is 0 Å². The van der Waals surface area contributed by atoms with E-state index in [9.17, 15) is 13.2 Å². The SMILES string of the molecule is F/C(=C\[P+](c1ccccc1)(c1ccccc1)c1ccccc1)N1CCCCC1.O=S(=O)([O-])C(F)(F)F. The molecule has 1 saturated heterocycles. The molecule has 1 fully saturated rings. The van der Waals surface area contributed by atoms with Crippen LogP contribution >= 0.6 is 7.26 Å². The van der Waals surface area contributed by atoms with Crippen molar-refractivity contribution in [2.75, 3.05) is 13.1 Å². The highest BCUT2D eigenvalue weighted by atomic mass is 32.2. The second-order valence-corrected chi connectivity index (χ2v) is 12.8. The van der Waals surface area contributed by atoms with Crippen LogP contribution in [0.4, 0.5) is 17.6 Å². The van der Waals surface area contributed by atoms with Gasteiger partial charge in [-0.05, 0) is 55.7 Å². The summed E-state index contributed by atoms with van der Waals surface area (Å²) < 4.78 is 74.6. The summed E-state index contributed by atoms with van der Waals surface area (Å²) >= 11 is 0. The van der Waals surface area contributed by atoms with Gasteiger partial charge in [-0.2, -0.15) is 17.6 Å². The van der Waals surface area contributed by atoms with Gasteiger partial charge in [0.1, 0.15) is 29.0 Å². The first-order valence-electron chi connectivity index (χ1n) is 11.3. The van der Waals surface area contributed by atoms with Gasteiger partial charge in [-0.1, -0.05) is 54.6 Å². The average Bonchev–Trinajstić information content (AvgIpc) is 2.88. The van der Waals surface area contributed by atoms with Crippen molar-refractivity contribution in [1.82, 2.24) is 4.90 Å². The normalized spacial score (nSPS) is 15.1. The molecule has 0 saturated carbocycles. The zero-order valence-electron chi connectivity index (χ0n) is 19.3. The molecule has 3 aromatic carbocycles. The molecular weight excluding hydrogens is 513 g/mol. The molecule has 1 aliphatic heterocycles. The predicted molar refractivity (Wildman–Crippen MR) is 136 cm³/mol. The lowest BCUT2D eigenvalue weighted by Crippen LogP contribution is -2.32. The Labute approximate surface area is 209 Å². The fourth-order valence-corrected chi connectivity index (χ4v) is 7.76. The van der Waals surface area contributed by atoms with Gasteiger partial charge < -0.3 is 9.45 Å². The molecule has 4 nitrogen and oxygen atoms in total. The molecule has 0 N–H and O–H groups in total. The highest BCUT2D eigenvalue weighted by Gasteiger charge is 2.45. The predicted octanol–water partition coefficient (Wildman–Crippen LogP) is 5.29. The summed E-state index contributed by atoms with van der Waals surface area (Å²) in [7, 11) is -8.35. The van der Waals surface area contributed by atoms with E-state index in [0.29, 0.717) is 0 Å². The van der Waals surface area contributed by atoms with Gasteiger partial charge in [-0.25, -0.2) is 8.42 Å². The molecule has 0 radical (unpaired) electrons. The van der Waals surface area contributed by atoms with E-state index >= 15 is 4.39 Å². The molecule has 1 heterocycles. The zero-order chi connectivity index (χ0) is 26.2. The van der Waals surface area contributed by atoms with Gasteiger partial charge in [-0.3, -0.25) is 0 Å². The molecule has 0 unspecified atom stereocenters. The summed E-state index contributed by atoms with van der Waals surface area (Å²) in [6, 6.07) is 31.3. The first-order valence-corrected chi connectivity index (χ1v) is 14.5. The molecule has 4 rings (SSSR count). The van der Waals surface area contributed by atoms with Crippen LogP contribution in [-0.4, -0.2) is 36.5 Å². The molecule has 10 heteroatoms. The van der Waals surface area contributed by atoms with Crippen LogP contribution in [0.5, 0.6) is 0 Å². The van der Waals surface area contributed by atoms with E-state index < -0.39 is 22.9 Å². The lowest BCUT2D eigenvalue weighted by atomic mass is 10.1. The van der Waals surface area contributed by atoms with Crippen LogP contribution < -0.4 is 15.9 Å². The van der Waals surface area contributed by atoms with Crippen molar-refractivity contribution < 1.29 is 30.5 Å². The Kier molecular flexibility index (Phi) is 9.28. The van der Waals surface area contributed by atoms with E-state index in [1.165, 1.54) is 22.3 Å². The first kappa shape index (κ1) is 27.8. The van der Waals surface area contributed by atoms with Gasteiger partial charge >= 0.3 is 5.51 Å². The molecule has 0 atom stereocenters. The lowest BCUT2D eigenvalue weighted by molar-refractivity contribution is -0.0517. The molecule has 0 aromatic heterocycles. The molecule has 192 valence electrons. The van der Waals surface area contributed by atoms with Crippen LogP contribution in [0, 0.1) is 0 Å². The van der Waals surface area contributed by atoms with Crippen molar-refractivity contribution >= 4 is 33.3 Å². The van der Waals surface area contributed by atoms with Gasteiger partial charge in [0, 0.05) is 13.1 Å². The number of benzene rings is 3. The maximum absolute atomic E-state index is 15.7. The number of likely N-dealkylation sites (tertiary alicyclic amines) is 1. The van der Waals surface area contributed by atoms with E-state index in [4.69, 9.17) is 13.0 Å². The fraction of sp³-hybridized carbons (Fsp3) is 0.231. The van der Waals surface area contributed by atoms with Crippen LogP contribution in [0.3, 0.4) is 0 Å². The average molecular weight is 540 g/mol. The van der Waals surface area contributed by atoms with Crippen LogP contribution in [0.1, 0.15) is 19.3 Å². The topological polar surface area (TPSA) is 60.4 Å². The highest BCUT2D eigenvalue weighted by Crippen LogP contribution is 2.58. The van der Waals surface area contributed by atoms with Crippen molar-refractivity contribution in [1.29, 1.82) is 0 Å². The second-order valence-electron chi connectivity index (χ2n) is 8.13. The van der Waals surface area contributed by atoms with Gasteiger partial charge in [0.25, 0.3) is 0 Å². The number of hydrogen-bond acceptors (Lipinski definition) is 4. The van der Waals surface area contributed by atoms with Crippen molar-refractivity contribution in [2.24, 2.45) is 0 Å². The Morgan fingerprint density at radius 1 is 0.750 bits per heavy atom. The minimum absolute atomic E-state index is 0.0791. The minimum atomic E-state index is -6.09. The van der Waals surface area contributed by atoms with Gasteiger partial charge in [0.2, 0.25) is 5.95 Å². The summed E-state index contributed by atoms with van der Waals surface area (Å²) in [5.41, 5.74) is -5.65. The van der Waals surface area contributed by atoms with Gasteiger partial charge in [0.15, 0.2) is 10.1 Å². The van der Waals surface area contributed by atoms with Crippen molar-refractivity contribution in [3.05, 3.63) is 103 Å². The van der Waals surface area contributed by atoms with Crippen molar-refractivity contribution in [3.8, 4) is 0 Å². The maximum atomic E-state index is 15.7. The quantitative estimate of drug-likeness (QED) is 0.145. The molecule has 1 aliphatic rings. The fourth-order valence-electron chi connectivity index (χ4n) is 4.01. The van der Waals surface area contributed by atoms with E-state index in [1.807, 2.05) is 28.9 Å². The maximum Gasteiger partial charge on any atom is 0.485 e. The second kappa shape index (κ2) is 12.0. The Balaban J connectivity index is 0.000000392. The summed E-state index contributed by atoms with van der Waals surface area (Å²) in [6.07, 6.45) is 3.32. The third-order valence-electron chi connectivity index (χ3n) is 5.73. The number of nitrogens with zero attached hydrogens (tertiary/aromatic N) is 1. The number of halogens is 4. The van der Waals surface area contributed by atoms with Crippen LogP contribution in [0.2, 0.25) is 0 Å². The van der Waals surface area contributed by atoms with Crippen LogP contribution in [-0.2, 0) is 10.1 Å². The zero-order valence-corrected chi connectivity index (χ0v) is 21.0. The van der Waals surface area contributed by atoms with E-state index in [2.05, 4.69) is 72.8 Å².